The van der Waals surface area contributed by atoms with Gasteiger partial charge in [-0.25, -0.2) is 5.43 Å². The van der Waals surface area contributed by atoms with E-state index in [0.29, 0.717) is 5.56 Å². The number of carbonyl (C=O) groups excluding carboxylic acids is 2. The van der Waals surface area contributed by atoms with Gasteiger partial charge in [0.25, 0.3) is 5.91 Å². The minimum Gasteiger partial charge on any atom is -0.345 e. The van der Waals surface area contributed by atoms with Crippen LogP contribution in [0.5, 0.6) is 0 Å². The summed E-state index contributed by atoms with van der Waals surface area (Å²) >= 11 is 0. The molecular formula is C23H29N3O2. The lowest BCUT2D eigenvalue weighted by Crippen LogP contribution is -2.32. The second-order valence-electron chi connectivity index (χ2n) is 6.70. The second kappa shape index (κ2) is 12.4. The van der Waals surface area contributed by atoms with Crippen molar-refractivity contribution in [1.29, 1.82) is 0 Å². The van der Waals surface area contributed by atoms with Gasteiger partial charge in [-0.1, -0.05) is 74.7 Å². The minimum atomic E-state index is -0.423. The number of benzene rings is 2. The Morgan fingerprint density at radius 3 is 2.32 bits per heavy atom. The molecule has 0 fully saturated rings. The molecule has 0 bridgehead atoms. The largest absolute Gasteiger partial charge is 0.345 e. The van der Waals surface area contributed by atoms with Crippen LogP contribution in [0.1, 0.15) is 67.4 Å². The minimum absolute atomic E-state index is 0.121. The van der Waals surface area contributed by atoms with Gasteiger partial charge in [0.15, 0.2) is 0 Å². The summed E-state index contributed by atoms with van der Waals surface area (Å²) in [4.78, 5) is 24.8. The van der Waals surface area contributed by atoms with Crippen molar-refractivity contribution in [3.8, 4) is 0 Å². The molecule has 1 unspecified atom stereocenters. The van der Waals surface area contributed by atoms with Crippen molar-refractivity contribution < 1.29 is 9.59 Å². The number of unbranched alkanes of at least 4 members (excludes halogenated alkanes) is 4. The highest BCUT2D eigenvalue weighted by Gasteiger charge is 2.19. The van der Waals surface area contributed by atoms with Gasteiger partial charge in [0.2, 0.25) is 5.91 Å². The van der Waals surface area contributed by atoms with Crippen LogP contribution in [0.4, 0.5) is 0 Å². The molecule has 0 aromatic heterocycles. The zero-order valence-corrected chi connectivity index (χ0v) is 16.4. The molecule has 0 saturated heterocycles. The molecule has 0 heterocycles. The maximum absolute atomic E-state index is 12.5. The van der Waals surface area contributed by atoms with E-state index < -0.39 is 6.04 Å². The maximum atomic E-state index is 12.5. The fraction of sp³-hybridized carbons (Fsp3) is 0.348. The van der Waals surface area contributed by atoms with Crippen LogP contribution in [0.15, 0.2) is 65.8 Å². The Balaban J connectivity index is 1.92. The Labute approximate surface area is 167 Å². The molecule has 0 spiro atoms. The molecule has 0 aliphatic rings. The molecule has 2 N–H and O–H groups in total. The molecule has 5 nitrogen and oxygen atoms in total. The third-order valence-electron chi connectivity index (χ3n) is 4.40. The van der Waals surface area contributed by atoms with E-state index in [2.05, 4.69) is 22.8 Å². The molecule has 2 aromatic rings. The number of hydrogen-bond acceptors (Lipinski definition) is 3. The smallest absolute Gasteiger partial charge is 0.251 e. The van der Waals surface area contributed by atoms with Crippen LogP contribution in [0, 0.1) is 0 Å². The van der Waals surface area contributed by atoms with Crippen LogP contribution >= 0.6 is 0 Å². The number of carbonyl (C=O) groups is 2. The fourth-order valence-electron chi connectivity index (χ4n) is 2.84. The van der Waals surface area contributed by atoms with Crippen molar-refractivity contribution in [2.24, 2.45) is 5.10 Å². The second-order valence-corrected chi connectivity index (χ2v) is 6.70. The first kappa shape index (κ1) is 21.4. The van der Waals surface area contributed by atoms with E-state index in [0.717, 1.165) is 18.4 Å². The molecule has 0 radical (unpaired) electrons. The molecule has 0 aliphatic carbocycles. The van der Waals surface area contributed by atoms with Crippen LogP contribution < -0.4 is 10.7 Å². The Morgan fingerprint density at radius 1 is 0.964 bits per heavy atom. The van der Waals surface area contributed by atoms with Crippen LogP contribution in [0.3, 0.4) is 0 Å². The van der Waals surface area contributed by atoms with Crippen LogP contribution in [-0.2, 0) is 4.79 Å². The highest BCUT2D eigenvalue weighted by Crippen LogP contribution is 2.17. The summed E-state index contributed by atoms with van der Waals surface area (Å²) in [6, 6.07) is 18.1. The van der Waals surface area contributed by atoms with E-state index in [1.54, 1.807) is 18.3 Å². The predicted molar refractivity (Wildman–Crippen MR) is 113 cm³/mol. The molecule has 0 aliphatic heterocycles. The van der Waals surface area contributed by atoms with E-state index in [9.17, 15) is 9.59 Å². The third-order valence-corrected chi connectivity index (χ3v) is 4.40. The van der Waals surface area contributed by atoms with Crippen molar-refractivity contribution in [2.75, 3.05) is 0 Å². The number of hydrogen-bond donors (Lipinski definition) is 2. The summed E-state index contributed by atoms with van der Waals surface area (Å²) in [5.41, 5.74) is 4.01. The van der Waals surface area contributed by atoms with E-state index in [1.807, 2.05) is 48.5 Å². The van der Waals surface area contributed by atoms with E-state index in [1.165, 1.54) is 19.3 Å². The molecule has 0 saturated carbocycles. The summed E-state index contributed by atoms with van der Waals surface area (Å²) in [6.07, 6.45) is 7.39. The first-order valence-electron chi connectivity index (χ1n) is 9.92. The van der Waals surface area contributed by atoms with Gasteiger partial charge in [-0.2, -0.15) is 5.10 Å². The van der Waals surface area contributed by atoms with Crippen molar-refractivity contribution in [3.63, 3.8) is 0 Å². The molecule has 148 valence electrons. The van der Waals surface area contributed by atoms with Gasteiger partial charge in [-0.05, 0) is 30.5 Å². The summed E-state index contributed by atoms with van der Waals surface area (Å²) in [5, 5.41) is 6.97. The summed E-state index contributed by atoms with van der Waals surface area (Å²) in [5.74, 6) is -0.436. The number of nitrogens with one attached hydrogen (secondary N) is 2. The summed E-state index contributed by atoms with van der Waals surface area (Å²) in [7, 11) is 0. The van der Waals surface area contributed by atoms with Crippen molar-refractivity contribution in [2.45, 2.75) is 51.5 Å². The summed E-state index contributed by atoms with van der Waals surface area (Å²) < 4.78 is 0. The highest BCUT2D eigenvalue weighted by molar-refractivity contribution is 5.94. The Morgan fingerprint density at radius 2 is 1.64 bits per heavy atom. The molecule has 2 rings (SSSR count). The molecule has 5 heteroatoms. The lowest BCUT2D eigenvalue weighted by atomic mass is 10.0. The lowest BCUT2D eigenvalue weighted by molar-refractivity contribution is -0.121. The Kier molecular flexibility index (Phi) is 9.49. The molecule has 2 aromatic carbocycles. The summed E-state index contributed by atoms with van der Waals surface area (Å²) in [6.45, 7) is 2.17. The molecular weight excluding hydrogens is 350 g/mol. The number of nitrogens with zero attached hydrogens (tertiary/aromatic N) is 1. The monoisotopic (exact) mass is 379 g/mol. The fourth-order valence-corrected chi connectivity index (χ4v) is 2.84. The van der Waals surface area contributed by atoms with Gasteiger partial charge in [-0.15, -0.1) is 0 Å². The van der Waals surface area contributed by atoms with Crippen molar-refractivity contribution >= 4 is 18.0 Å². The average molecular weight is 380 g/mol. The highest BCUT2D eigenvalue weighted by atomic mass is 16.2. The zero-order valence-electron chi connectivity index (χ0n) is 16.4. The van der Waals surface area contributed by atoms with E-state index in [-0.39, 0.29) is 18.2 Å². The quantitative estimate of drug-likeness (QED) is 0.340. The average Bonchev–Trinajstić information content (AvgIpc) is 2.74. The van der Waals surface area contributed by atoms with Crippen LogP contribution in [0.25, 0.3) is 0 Å². The number of amides is 2. The maximum Gasteiger partial charge on any atom is 0.251 e. The molecule has 28 heavy (non-hydrogen) atoms. The first-order valence-corrected chi connectivity index (χ1v) is 9.92. The normalized spacial score (nSPS) is 11.9. The van der Waals surface area contributed by atoms with Gasteiger partial charge in [0, 0.05) is 11.8 Å². The van der Waals surface area contributed by atoms with Gasteiger partial charge in [-0.3, -0.25) is 9.59 Å². The van der Waals surface area contributed by atoms with E-state index in [4.69, 9.17) is 0 Å². The van der Waals surface area contributed by atoms with Gasteiger partial charge in [0.1, 0.15) is 0 Å². The number of hydrazone groups is 1. The first-order chi connectivity index (χ1) is 13.7. The third kappa shape index (κ3) is 7.74. The van der Waals surface area contributed by atoms with Gasteiger partial charge >= 0.3 is 0 Å². The van der Waals surface area contributed by atoms with Gasteiger partial charge in [0.05, 0.1) is 12.5 Å². The Hall–Kier alpha value is -2.95. The van der Waals surface area contributed by atoms with Gasteiger partial charge < -0.3 is 5.32 Å². The van der Waals surface area contributed by atoms with E-state index >= 15 is 0 Å². The lowest BCUT2D eigenvalue weighted by Gasteiger charge is -2.18. The van der Waals surface area contributed by atoms with Crippen LogP contribution in [0.2, 0.25) is 0 Å². The zero-order chi connectivity index (χ0) is 20.0. The molecule has 2 amide bonds. The molecule has 1 atom stereocenters. The predicted octanol–water partition coefficient (Wildman–Crippen LogP) is 4.62. The number of rotatable bonds is 11. The van der Waals surface area contributed by atoms with Crippen molar-refractivity contribution in [3.05, 3.63) is 71.8 Å². The standard InChI is InChI=1S/C23H29N3O2/c1-2-3-4-5-12-17-24-26-22(27)18-21(19-13-8-6-9-14-19)25-23(28)20-15-10-7-11-16-20/h6-11,13-17,21H,2-5,12,18H2,1H3,(H,25,28)(H,26,27)/b24-17+. The van der Waals surface area contributed by atoms with Crippen molar-refractivity contribution in [1.82, 2.24) is 10.7 Å². The SMILES string of the molecule is CCCCCC/C=N/NC(=O)CC(NC(=O)c1ccccc1)c1ccccc1. The van der Waals surface area contributed by atoms with Crippen LogP contribution in [-0.4, -0.2) is 18.0 Å². The Bertz CT molecular complexity index is 745. The topological polar surface area (TPSA) is 70.6 Å².